The number of allylic oxidation sites excluding steroid dienone is 1. The van der Waals surface area contributed by atoms with Crippen LogP contribution >= 0.6 is 0 Å². The molecule has 4 aliphatic carbocycles. The van der Waals surface area contributed by atoms with E-state index in [1.54, 1.807) is 0 Å². The topological polar surface area (TPSA) is 43.4 Å². The van der Waals surface area contributed by atoms with Gasteiger partial charge in [-0.05, 0) is 86.2 Å². The van der Waals surface area contributed by atoms with Crippen molar-refractivity contribution in [2.24, 2.45) is 28.6 Å². The third-order valence-electron chi connectivity index (χ3n) is 9.11. The number of hydrogen-bond acceptors (Lipinski definition) is 3. The molecule has 3 saturated carbocycles. The molecule has 0 aromatic heterocycles. The summed E-state index contributed by atoms with van der Waals surface area (Å²) < 4.78 is 31.6. The fourth-order valence-electron chi connectivity index (χ4n) is 7.37. The van der Waals surface area contributed by atoms with E-state index in [-0.39, 0.29) is 23.4 Å². The van der Waals surface area contributed by atoms with Crippen LogP contribution in [0.1, 0.15) is 81.2 Å². The summed E-state index contributed by atoms with van der Waals surface area (Å²) in [5, 5.41) is 0. The van der Waals surface area contributed by atoms with Crippen molar-refractivity contribution >= 4 is 11.8 Å². The highest BCUT2D eigenvalue weighted by Gasteiger charge is 2.59. The molecule has 7 atom stereocenters. The molecule has 0 bridgehead atoms. The van der Waals surface area contributed by atoms with Crippen molar-refractivity contribution < 1.29 is 18.4 Å². The maximum atomic E-state index is 12.7. The van der Waals surface area contributed by atoms with Crippen LogP contribution in [0.15, 0.2) is 42.0 Å². The van der Waals surface area contributed by atoms with E-state index in [2.05, 4.69) is 6.92 Å². The SMILES string of the molecule is [2H]C1C([2H])([2H])C(=O)C=C2CC[C@H]3[C@@H]4CC[C@H](OC(=O)CCc5ccccc5)[C@@]4(C)CC[C@@H]3[C@]21C. The Balaban J connectivity index is 1.31. The van der Waals surface area contributed by atoms with Gasteiger partial charge in [0.1, 0.15) is 6.10 Å². The summed E-state index contributed by atoms with van der Waals surface area (Å²) in [6.45, 7) is 4.32. The van der Waals surface area contributed by atoms with Crippen molar-refractivity contribution in [1.82, 2.24) is 0 Å². The van der Waals surface area contributed by atoms with Crippen molar-refractivity contribution in [3.8, 4) is 0 Å². The Morgan fingerprint density at radius 1 is 1.13 bits per heavy atom. The molecule has 0 radical (unpaired) electrons. The van der Waals surface area contributed by atoms with E-state index in [0.29, 0.717) is 24.7 Å². The van der Waals surface area contributed by atoms with E-state index >= 15 is 0 Å². The van der Waals surface area contributed by atoms with Crippen LogP contribution in [-0.4, -0.2) is 17.9 Å². The second-order valence-electron chi connectivity index (χ2n) is 10.6. The Kier molecular flexibility index (Phi) is 4.50. The quantitative estimate of drug-likeness (QED) is 0.553. The van der Waals surface area contributed by atoms with Gasteiger partial charge in [-0.25, -0.2) is 0 Å². The first-order chi connectivity index (χ1) is 16.1. The molecular weight excluding hydrogens is 384 g/mol. The molecule has 1 aromatic carbocycles. The minimum atomic E-state index is -2.13. The van der Waals surface area contributed by atoms with Crippen LogP contribution in [-0.2, 0) is 20.7 Å². The first-order valence-electron chi connectivity index (χ1n) is 13.6. The first-order valence-corrected chi connectivity index (χ1v) is 12.0. The number of hydrogen-bond donors (Lipinski definition) is 0. The molecule has 5 rings (SSSR count). The Labute approximate surface area is 190 Å². The minimum Gasteiger partial charge on any atom is -0.462 e. The molecule has 0 saturated heterocycles. The van der Waals surface area contributed by atoms with Gasteiger partial charge in [-0.3, -0.25) is 9.59 Å². The maximum absolute atomic E-state index is 12.7. The molecule has 166 valence electrons. The van der Waals surface area contributed by atoms with Gasteiger partial charge in [0.05, 0.1) is 0 Å². The lowest BCUT2D eigenvalue weighted by Gasteiger charge is -2.57. The third kappa shape index (κ3) is 3.58. The molecule has 1 unspecified atom stereocenters. The Morgan fingerprint density at radius 2 is 1.94 bits per heavy atom. The van der Waals surface area contributed by atoms with Crippen LogP contribution in [0.4, 0.5) is 0 Å². The van der Waals surface area contributed by atoms with E-state index in [4.69, 9.17) is 8.85 Å². The van der Waals surface area contributed by atoms with Gasteiger partial charge in [-0.15, -0.1) is 0 Å². The van der Waals surface area contributed by atoms with Gasteiger partial charge in [0.15, 0.2) is 5.78 Å². The highest BCUT2D eigenvalue weighted by molar-refractivity contribution is 5.91. The zero-order valence-corrected chi connectivity index (χ0v) is 18.7. The van der Waals surface area contributed by atoms with Crippen LogP contribution < -0.4 is 0 Å². The summed E-state index contributed by atoms with van der Waals surface area (Å²) in [4.78, 5) is 25.1. The van der Waals surface area contributed by atoms with Crippen LogP contribution in [0.3, 0.4) is 0 Å². The molecule has 3 heteroatoms. The lowest BCUT2D eigenvalue weighted by atomic mass is 9.47. The average molecular weight is 424 g/mol. The predicted octanol–water partition coefficient (Wildman–Crippen LogP) is 6.06. The summed E-state index contributed by atoms with van der Waals surface area (Å²) in [5.74, 6) is 0.327. The molecule has 0 spiro atoms. The standard InChI is InChI=1S/C28H36O3/c1-27-16-14-21(29)18-20(27)9-10-22-23-11-12-25(28(23,2)17-15-24(22)27)31-26(30)13-8-19-6-4-3-5-7-19/h3-7,18,22-25H,8-17H2,1-2H3/t22-,23-,24-,25-,27-,28-/m0/s1/i14D2,16D/t16?,22-,23-,24-,25-,27-,28-. The molecule has 0 N–H and O–H groups in total. The number of fused-ring (bicyclic) bond motifs is 5. The molecule has 3 fully saturated rings. The summed E-state index contributed by atoms with van der Waals surface area (Å²) >= 11 is 0. The molecular formula is C28H36O3. The van der Waals surface area contributed by atoms with Gasteiger partial charge in [0, 0.05) is 22.3 Å². The number of ether oxygens (including phenoxy) is 1. The number of carbonyl (C=O) groups excluding carboxylic acids is 2. The number of rotatable bonds is 4. The molecule has 1 aromatic rings. The zero-order chi connectivity index (χ0) is 24.3. The number of benzene rings is 1. The average Bonchev–Trinajstić information content (AvgIpc) is 3.14. The highest BCUT2D eigenvalue weighted by atomic mass is 16.5. The lowest BCUT2D eigenvalue weighted by molar-refractivity contribution is -0.159. The smallest absolute Gasteiger partial charge is 0.306 e. The van der Waals surface area contributed by atoms with Crippen LogP contribution in [0, 0.1) is 28.6 Å². The van der Waals surface area contributed by atoms with Crippen LogP contribution in [0.25, 0.3) is 0 Å². The zero-order valence-electron chi connectivity index (χ0n) is 21.7. The molecule has 3 nitrogen and oxygen atoms in total. The minimum absolute atomic E-state index is 0.0673. The lowest BCUT2D eigenvalue weighted by Crippen LogP contribution is -2.51. The highest BCUT2D eigenvalue weighted by Crippen LogP contribution is 2.65. The monoisotopic (exact) mass is 423 g/mol. The number of carbonyl (C=O) groups is 2. The number of aryl methyl sites for hydroxylation is 1. The van der Waals surface area contributed by atoms with E-state index in [1.807, 2.05) is 37.3 Å². The van der Waals surface area contributed by atoms with Gasteiger partial charge in [-0.1, -0.05) is 49.8 Å². The molecule has 0 amide bonds. The van der Waals surface area contributed by atoms with Crippen molar-refractivity contribution in [3.05, 3.63) is 47.5 Å². The van der Waals surface area contributed by atoms with Gasteiger partial charge in [0.25, 0.3) is 0 Å². The van der Waals surface area contributed by atoms with Gasteiger partial charge in [0.2, 0.25) is 0 Å². The second kappa shape index (κ2) is 7.90. The number of esters is 1. The Morgan fingerprint density at radius 3 is 2.74 bits per heavy atom. The van der Waals surface area contributed by atoms with E-state index in [9.17, 15) is 9.59 Å². The molecule has 4 aliphatic rings. The van der Waals surface area contributed by atoms with E-state index in [0.717, 1.165) is 49.7 Å². The summed E-state index contributed by atoms with van der Waals surface area (Å²) in [5.41, 5.74) is 1.46. The normalized spacial score (nSPS) is 44.6. The van der Waals surface area contributed by atoms with Crippen LogP contribution in [0.5, 0.6) is 0 Å². The summed E-state index contributed by atoms with van der Waals surface area (Å²) in [6, 6.07) is 10.0. The number of ketones is 1. The molecule has 31 heavy (non-hydrogen) atoms. The van der Waals surface area contributed by atoms with Crippen molar-refractivity contribution in [3.63, 3.8) is 0 Å². The second-order valence-corrected chi connectivity index (χ2v) is 10.6. The fraction of sp³-hybridized carbons (Fsp3) is 0.643. The summed E-state index contributed by atoms with van der Waals surface area (Å²) in [7, 11) is 0. The molecule has 0 heterocycles. The largest absolute Gasteiger partial charge is 0.462 e. The third-order valence-corrected chi connectivity index (χ3v) is 9.11. The van der Waals surface area contributed by atoms with Crippen molar-refractivity contribution in [2.45, 2.75) is 84.1 Å². The van der Waals surface area contributed by atoms with Crippen molar-refractivity contribution in [2.75, 3.05) is 0 Å². The molecule has 0 aliphatic heterocycles. The Bertz CT molecular complexity index is 1010. The fourth-order valence-corrected chi connectivity index (χ4v) is 7.37. The van der Waals surface area contributed by atoms with Gasteiger partial charge >= 0.3 is 5.97 Å². The van der Waals surface area contributed by atoms with E-state index < -0.39 is 24.0 Å². The van der Waals surface area contributed by atoms with Gasteiger partial charge < -0.3 is 4.74 Å². The van der Waals surface area contributed by atoms with E-state index in [1.165, 1.54) is 6.08 Å². The maximum Gasteiger partial charge on any atom is 0.306 e. The Hall–Kier alpha value is -1.90. The van der Waals surface area contributed by atoms with Crippen LogP contribution in [0.2, 0.25) is 0 Å². The van der Waals surface area contributed by atoms with Gasteiger partial charge in [-0.2, -0.15) is 0 Å². The summed E-state index contributed by atoms with van der Waals surface area (Å²) in [6.07, 6.45) is 4.78. The first kappa shape index (κ1) is 17.6. The van der Waals surface area contributed by atoms with Crippen molar-refractivity contribution in [1.29, 1.82) is 0 Å². The predicted molar refractivity (Wildman–Crippen MR) is 121 cm³/mol.